The summed E-state index contributed by atoms with van der Waals surface area (Å²) in [6.45, 7) is -0.615. The van der Waals surface area contributed by atoms with E-state index in [2.05, 4.69) is 31.3 Å². The van der Waals surface area contributed by atoms with Crippen LogP contribution in [0.3, 0.4) is 0 Å². The van der Waals surface area contributed by atoms with Crippen LogP contribution in [0.5, 0.6) is 0 Å². The van der Waals surface area contributed by atoms with Gasteiger partial charge in [0.2, 0.25) is 23.6 Å². The molecule has 20 nitrogen and oxygen atoms in total. The summed E-state index contributed by atoms with van der Waals surface area (Å²) < 4.78 is 0. The molecule has 0 heterocycles. The zero-order valence-corrected chi connectivity index (χ0v) is 26.5. The fraction of sp³-hybridized carbons (Fsp3) is 0.680. The number of aliphatic carboxylic acids is 2. The van der Waals surface area contributed by atoms with Crippen LogP contribution >= 0.6 is 11.8 Å². The van der Waals surface area contributed by atoms with E-state index in [1.54, 1.807) is 6.26 Å². The van der Waals surface area contributed by atoms with E-state index >= 15 is 0 Å². The highest BCUT2D eigenvalue weighted by atomic mass is 32.2. The van der Waals surface area contributed by atoms with Crippen LogP contribution < -0.4 is 49.9 Å². The second kappa shape index (κ2) is 23.0. The molecule has 17 N–H and O–H groups in total. The van der Waals surface area contributed by atoms with E-state index in [1.807, 2.05) is 0 Å². The Balaban J connectivity index is 5.95. The quantitative estimate of drug-likeness (QED) is 0.0259. The molecule has 0 unspecified atom stereocenters. The van der Waals surface area contributed by atoms with Crippen LogP contribution in [0.4, 0.5) is 0 Å². The number of hydrogen-bond donors (Lipinski definition) is 12. The molecular formula is C25H47N11O9S. The number of carbonyl (C=O) groups excluding carboxylic acids is 4. The molecule has 21 heteroatoms. The molecule has 0 aliphatic heterocycles. The average molecular weight is 678 g/mol. The number of hydrogen-bond acceptors (Lipinski definition) is 11. The predicted octanol–water partition coefficient (Wildman–Crippen LogP) is -4.95. The maximum atomic E-state index is 13.4. The van der Waals surface area contributed by atoms with Crippen LogP contribution in [0.25, 0.3) is 0 Å². The zero-order valence-electron chi connectivity index (χ0n) is 25.6. The number of carboxylic acids is 2. The van der Waals surface area contributed by atoms with Crippen molar-refractivity contribution < 1.29 is 44.1 Å². The lowest BCUT2D eigenvalue weighted by atomic mass is 10.1. The van der Waals surface area contributed by atoms with E-state index in [0.717, 1.165) is 0 Å². The van der Waals surface area contributed by atoms with Crippen molar-refractivity contribution in [1.29, 1.82) is 0 Å². The summed E-state index contributed by atoms with van der Waals surface area (Å²) in [5.74, 6) is -6.07. The van der Waals surface area contributed by atoms with Gasteiger partial charge in [0, 0.05) is 19.5 Å². The van der Waals surface area contributed by atoms with Gasteiger partial charge in [0.25, 0.3) is 0 Å². The molecule has 0 aliphatic carbocycles. The molecule has 0 rings (SSSR count). The molecule has 0 fully saturated rings. The highest BCUT2D eigenvalue weighted by Crippen LogP contribution is 2.07. The predicted molar refractivity (Wildman–Crippen MR) is 170 cm³/mol. The number of nitrogens with two attached hydrogens (primary N) is 5. The van der Waals surface area contributed by atoms with E-state index in [4.69, 9.17) is 28.7 Å². The number of nitrogens with one attached hydrogen (secondary N) is 4. The third kappa shape index (κ3) is 18.4. The third-order valence-electron chi connectivity index (χ3n) is 6.20. The van der Waals surface area contributed by atoms with Gasteiger partial charge < -0.3 is 65.3 Å². The first-order valence-corrected chi connectivity index (χ1v) is 15.6. The highest BCUT2D eigenvalue weighted by molar-refractivity contribution is 7.98. The van der Waals surface area contributed by atoms with Gasteiger partial charge in [-0.1, -0.05) is 0 Å². The average Bonchev–Trinajstić information content (AvgIpc) is 2.98. The number of carbonyl (C=O) groups is 6. The van der Waals surface area contributed by atoms with E-state index < -0.39 is 78.8 Å². The van der Waals surface area contributed by atoms with Gasteiger partial charge in [-0.2, -0.15) is 11.8 Å². The summed E-state index contributed by atoms with van der Waals surface area (Å²) in [4.78, 5) is 82.4. The van der Waals surface area contributed by atoms with Crippen LogP contribution in [-0.4, -0.2) is 125 Å². The van der Waals surface area contributed by atoms with Crippen molar-refractivity contribution in [3.8, 4) is 0 Å². The lowest BCUT2D eigenvalue weighted by molar-refractivity contribution is -0.143. The maximum absolute atomic E-state index is 13.4. The normalized spacial score (nSPS) is 13.9. The first-order valence-electron chi connectivity index (χ1n) is 14.2. The van der Waals surface area contributed by atoms with Gasteiger partial charge in [0.05, 0.1) is 12.6 Å². The second-order valence-electron chi connectivity index (χ2n) is 9.98. The fourth-order valence-corrected chi connectivity index (χ4v) is 4.22. The number of carboxylic acid groups (broad SMARTS) is 2. The summed E-state index contributed by atoms with van der Waals surface area (Å²) in [6, 6.07) is -6.68. The third-order valence-corrected chi connectivity index (χ3v) is 6.85. The van der Waals surface area contributed by atoms with Crippen molar-refractivity contribution in [3.05, 3.63) is 0 Å². The lowest BCUT2D eigenvalue weighted by Crippen LogP contribution is -2.58. The van der Waals surface area contributed by atoms with Crippen LogP contribution in [0.15, 0.2) is 9.98 Å². The number of guanidine groups is 2. The second-order valence-corrected chi connectivity index (χ2v) is 11.0. The Morgan fingerprint density at radius 3 is 1.54 bits per heavy atom. The molecule has 0 radical (unpaired) electrons. The van der Waals surface area contributed by atoms with Crippen LogP contribution in [0, 0.1) is 0 Å². The zero-order chi connectivity index (χ0) is 35.2. The summed E-state index contributed by atoms with van der Waals surface area (Å²) in [5, 5.41) is 37.2. The number of nitrogens with zero attached hydrogens (tertiary/aromatic N) is 2. The SMILES string of the molecule is CSCC[C@H](NC(=O)[C@H](CCCN=C(N)N)NC(=O)[C@H](CCC(=O)O)NC(=O)[C@H](N)CCCN=C(N)N)C(=O)N[C@@H](CO)C(=O)O. The minimum atomic E-state index is -1.62. The topological polar surface area (TPSA) is 366 Å². The van der Waals surface area contributed by atoms with Crippen molar-refractivity contribution in [2.75, 3.05) is 31.7 Å². The summed E-state index contributed by atoms with van der Waals surface area (Å²) in [6.07, 6.45) is 1.58. The summed E-state index contributed by atoms with van der Waals surface area (Å²) in [7, 11) is 0. The van der Waals surface area contributed by atoms with E-state index in [1.165, 1.54) is 11.8 Å². The molecule has 5 atom stereocenters. The smallest absolute Gasteiger partial charge is 0.328 e. The number of amides is 4. The van der Waals surface area contributed by atoms with Crippen molar-refractivity contribution in [3.63, 3.8) is 0 Å². The highest BCUT2D eigenvalue weighted by Gasteiger charge is 2.31. The Morgan fingerprint density at radius 2 is 1.11 bits per heavy atom. The van der Waals surface area contributed by atoms with Crippen LogP contribution in [0.2, 0.25) is 0 Å². The minimum Gasteiger partial charge on any atom is -0.481 e. The molecule has 0 aromatic rings. The molecule has 0 saturated heterocycles. The molecule has 0 aliphatic rings. The molecular weight excluding hydrogens is 630 g/mol. The van der Waals surface area contributed by atoms with Gasteiger partial charge in [-0.05, 0) is 50.5 Å². The van der Waals surface area contributed by atoms with Gasteiger partial charge in [-0.25, -0.2) is 4.79 Å². The van der Waals surface area contributed by atoms with E-state index in [9.17, 15) is 44.1 Å². The van der Waals surface area contributed by atoms with Crippen LogP contribution in [0.1, 0.15) is 44.9 Å². The Labute approximate surface area is 270 Å². The number of aliphatic hydroxyl groups is 1. The first-order chi connectivity index (χ1) is 21.6. The maximum Gasteiger partial charge on any atom is 0.328 e. The molecule has 46 heavy (non-hydrogen) atoms. The summed E-state index contributed by atoms with van der Waals surface area (Å²) >= 11 is 1.35. The molecule has 262 valence electrons. The fourth-order valence-electron chi connectivity index (χ4n) is 3.75. The van der Waals surface area contributed by atoms with Crippen molar-refractivity contribution in [1.82, 2.24) is 21.3 Å². The first kappa shape index (κ1) is 41.6. The van der Waals surface area contributed by atoms with Crippen molar-refractivity contribution in [2.45, 2.75) is 75.2 Å². The Kier molecular flexibility index (Phi) is 20.8. The van der Waals surface area contributed by atoms with Gasteiger partial charge in [0.15, 0.2) is 11.9 Å². The number of thioether (sulfide) groups is 1. The Morgan fingerprint density at radius 1 is 0.674 bits per heavy atom. The molecule has 0 aromatic carbocycles. The van der Waals surface area contributed by atoms with Gasteiger partial charge in [-0.15, -0.1) is 0 Å². The largest absolute Gasteiger partial charge is 0.481 e. The minimum absolute atomic E-state index is 0.0521. The molecule has 4 amide bonds. The molecule has 0 bridgehead atoms. The molecule has 0 saturated carbocycles. The number of rotatable bonds is 24. The molecule has 0 aromatic heterocycles. The Hall–Kier alpha value is -4.37. The monoisotopic (exact) mass is 677 g/mol. The Bertz CT molecular complexity index is 1090. The molecule has 0 spiro atoms. The van der Waals surface area contributed by atoms with Gasteiger partial charge >= 0.3 is 11.9 Å². The number of aliphatic hydroxyl groups excluding tert-OH is 1. The van der Waals surface area contributed by atoms with Gasteiger partial charge in [-0.3, -0.25) is 34.0 Å². The van der Waals surface area contributed by atoms with Crippen molar-refractivity contribution in [2.24, 2.45) is 38.7 Å². The van der Waals surface area contributed by atoms with Gasteiger partial charge in [0.1, 0.15) is 24.2 Å². The summed E-state index contributed by atoms with van der Waals surface area (Å²) in [5.41, 5.74) is 27.1. The number of aliphatic imine (C=N–C) groups is 2. The van der Waals surface area contributed by atoms with Crippen LogP contribution in [-0.2, 0) is 28.8 Å². The van der Waals surface area contributed by atoms with E-state index in [0.29, 0.717) is 12.2 Å². The standard InChI is InChI=1S/C25H47N11O9S/c1-46-11-8-16(22(43)36-17(12-37)23(44)45)35-20(41)14(5-3-10-32-25(29)30)34-21(42)15(6-7-18(38)39)33-19(40)13(26)4-2-9-31-24(27)28/h13-17,37H,2-12,26H2,1H3,(H,33,40)(H,34,42)(H,35,41)(H,36,43)(H,38,39)(H,44,45)(H4,27,28,31)(H4,29,30,32)/t13-,14+,15+,16+,17+/m1/s1. The van der Waals surface area contributed by atoms with E-state index in [-0.39, 0.29) is 57.1 Å². The van der Waals surface area contributed by atoms with Crippen molar-refractivity contribution >= 4 is 59.2 Å². The lowest BCUT2D eigenvalue weighted by Gasteiger charge is -2.26.